The molecule has 1 heterocycles. The van der Waals surface area contributed by atoms with Gasteiger partial charge in [-0.1, -0.05) is 17.7 Å². The first-order valence-electron chi connectivity index (χ1n) is 5.93. The quantitative estimate of drug-likeness (QED) is 0.407. The van der Waals surface area contributed by atoms with Crippen molar-refractivity contribution < 1.29 is 9.31 Å². The number of non-ortho nitro benzene ring substituents is 1. The minimum atomic E-state index is -0.533. The molecular weight excluding hydrogens is 297 g/mol. The van der Waals surface area contributed by atoms with Crippen LogP contribution in [-0.2, 0) is 0 Å². The Morgan fingerprint density at radius 3 is 2.48 bits per heavy atom. The first-order chi connectivity index (χ1) is 10.1. The standard InChI is InChI=1S/C14H7ClFN3O2/c15-13-12-10(2-1-3-11(12)19(20)21)17-14(18-13)8-4-6-9(16)7-5-8/h1-7H. The van der Waals surface area contributed by atoms with Gasteiger partial charge in [0.2, 0.25) is 0 Å². The van der Waals surface area contributed by atoms with E-state index in [9.17, 15) is 14.5 Å². The zero-order valence-electron chi connectivity index (χ0n) is 10.5. The Kier molecular flexibility index (Phi) is 3.23. The molecule has 3 rings (SSSR count). The molecule has 2 aromatic carbocycles. The highest BCUT2D eigenvalue weighted by atomic mass is 35.5. The van der Waals surface area contributed by atoms with E-state index in [1.807, 2.05) is 0 Å². The number of hydrogen-bond acceptors (Lipinski definition) is 4. The summed E-state index contributed by atoms with van der Waals surface area (Å²) >= 11 is 6.06. The van der Waals surface area contributed by atoms with E-state index in [-0.39, 0.29) is 27.9 Å². The SMILES string of the molecule is O=[N+]([O-])c1cccc2nc(-c3ccc(F)cc3)nc(Cl)c12. The molecule has 1 aromatic heterocycles. The molecule has 21 heavy (non-hydrogen) atoms. The molecule has 0 saturated heterocycles. The summed E-state index contributed by atoms with van der Waals surface area (Å²) in [6, 6.07) is 10.1. The molecular formula is C14H7ClFN3O2. The van der Waals surface area contributed by atoms with E-state index in [0.717, 1.165) is 0 Å². The molecule has 0 spiro atoms. The third-order valence-electron chi connectivity index (χ3n) is 2.96. The smallest absolute Gasteiger partial charge is 0.258 e. The van der Waals surface area contributed by atoms with E-state index in [1.54, 1.807) is 6.07 Å². The summed E-state index contributed by atoms with van der Waals surface area (Å²) in [5, 5.41) is 11.2. The Hall–Kier alpha value is -2.60. The molecule has 7 heteroatoms. The van der Waals surface area contributed by atoms with Crippen molar-refractivity contribution in [2.24, 2.45) is 0 Å². The second-order valence-corrected chi connectivity index (χ2v) is 4.63. The van der Waals surface area contributed by atoms with Crippen molar-refractivity contribution >= 4 is 28.2 Å². The zero-order chi connectivity index (χ0) is 15.0. The molecule has 0 atom stereocenters. The third kappa shape index (κ3) is 2.41. The van der Waals surface area contributed by atoms with Crippen LogP contribution in [0.25, 0.3) is 22.3 Å². The van der Waals surface area contributed by atoms with Gasteiger partial charge < -0.3 is 0 Å². The Morgan fingerprint density at radius 2 is 1.81 bits per heavy atom. The van der Waals surface area contributed by atoms with E-state index in [0.29, 0.717) is 11.1 Å². The molecule has 0 aliphatic heterocycles. The maximum Gasteiger partial charge on any atom is 0.281 e. The van der Waals surface area contributed by atoms with E-state index < -0.39 is 4.92 Å². The summed E-state index contributed by atoms with van der Waals surface area (Å²) in [4.78, 5) is 18.8. The maximum absolute atomic E-state index is 12.9. The minimum absolute atomic E-state index is 0.00775. The normalized spacial score (nSPS) is 10.8. The van der Waals surface area contributed by atoms with E-state index in [1.165, 1.54) is 36.4 Å². The molecule has 0 aliphatic carbocycles. The van der Waals surface area contributed by atoms with Crippen LogP contribution < -0.4 is 0 Å². The summed E-state index contributed by atoms with van der Waals surface area (Å²) in [6.07, 6.45) is 0. The predicted octanol–water partition coefficient (Wildman–Crippen LogP) is 4.00. The highest BCUT2D eigenvalue weighted by molar-refractivity contribution is 6.35. The minimum Gasteiger partial charge on any atom is -0.258 e. The van der Waals surface area contributed by atoms with Crippen LogP contribution in [0.5, 0.6) is 0 Å². The number of halogens is 2. The summed E-state index contributed by atoms with van der Waals surface area (Å²) in [5.74, 6) is -0.0886. The summed E-state index contributed by atoms with van der Waals surface area (Å²) < 4.78 is 12.9. The van der Waals surface area contributed by atoms with E-state index in [4.69, 9.17) is 11.6 Å². The summed E-state index contributed by atoms with van der Waals surface area (Å²) in [5.41, 5.74) is 0.790. The van der Waals surface area contributed by atoms with Gasteiger partial charge in [-0.25, -0.2) is 14.4 Å². The fraction of sp³-hybridized carbons (Fsp3) is 0. The molecule has 0 saturated carbocycles. The lowest BCUT2D eigenvalue weighted by molar-refractivity contribution is -0.383. The largest absolute Gasteiger partial charge is 0.281 e. The van der Waals surface area contributed by atoms with Gasteiger partial charge in [-0.3, -0.25) is 10.1 Å². The van der Waals surface area contributed by atoms with Gasteiger partial charge in [0.05, 0.1) is 10.4 Å². The molecule has 0 N–H and O–H groups in total. The lowest BCUT2D eigenvalue weighted by Crippen LogP contribution is -1.96. The first-order valence-corrected chi connectivity index (χ1v) is 6.30. The van der Waals surface area contributed by atoms with Crippen LogP contribution in [0.2, 0.25) is 5.15 Å². The van der Waals surface area contributed by atoms with Crippen LogP contribution in [0.1, 0.15) is 0 Å². The monoisotopic (exact) mass is 303 g/mol. The summed E-state index contributed by atoms with van der Waals surface area (Å²) in [6.45, 7) is 0. The highest BCUT2D eigenvalue weighted by Crippen LogP contribution is 2.31. The first kappa shape index (κ1) is 13.4. The van der Waals surface area contributed by atoms with Crippen LogP contribution in [0.3, 0.4) is 0 Å². The molecule has 0 radical (unpaired) electrons. The third-order valence-corrected chi connectivity index (χ3v) is 3.23. The Morgan fingerprint density at radius 1 is 1.10 bits per heavy atom. The van der Waals surface area contributed by atoms with Crippen molar-refractivity contribution in [3.8, 4) is 11.4 Å². The average Bonchev–Trinajstić information content (AvgIpc) is 2.47. The van der Waals surface area contributed by atoms with Gasteiger partial charge in [0.1, 0.15) is 16.4 Å². The molecule has 0 fully saturated rings. The van der Waals surface area contributed by atoms with Gasteiger partial charge in [-0.2, -0.15) is 0 Å². The van der Waals surface area contributed by atoms with Crippen molar-refractivity contribution in [3.05, 3.63) is 63.5 Å². The number of nitrogens with zero attached hydrogens (tertiary/aromatic N) is 3. The molecule has 3 aromatic rings. The summed E-state index contributed by atoms with van der Waals surface area (Å²) in [7, 11) is 0. The molecule has 104 valence electrons. The van der Waals surface area contributed by atoms with Crippen molar-refractivity contribution in [3.63, 3.8) is 0 Å². The Bertz CT molecular complexity index is 853. The van der Waals surface area contributed by atoms with Gasteiger partial charge in [0.15, 0.2) is 5.82 Å². The van der Waals surface area contributed by atoms with Crippen molar-refractivity contribution in [1.29, 1.82) is 0 Å². The number of nitro groups is 1. The van der Waals surface area contributed by atoms with Gasteiger partial charge in [-0.05, 0) is 30.3 Å². The molecule has 5 nitrogen and oxygen atoms in total. The predicted molar refractivity (Wildman–Crippen MR) is 76.6 cm³/mol. The molecule has 0 bridgehead atoms. The second-order valence-electron chi connectivity index (χ2n) is 4.27. The maximum atomic E-state index is 12.9. The van der Waals surface area contributed by atoms with Gasteiger partial charge >= 0.3 is 0 Å². The van der Waals surface area contributed by atoms with E-state index in [2.05, 4.69) is 9.97 Å². The molecule has 0 aliphatic rings. The topological polar surface area (TPSA) is 68.9 Å². The number of rotatable bonds is 2. The zero-order valence-corrected chi connectivity index (χ0v) is 11.2. The number of benzene rings is 2. The number of nitro benzene ring substituents is 1. The van der Waals surface area contributed by atoms with E-state index >= 15 is 0 Å². The van der Waals surface area contributed by atoms with Crippen LogP contribution in [0, 0.1) is 15.9 Å². The second kappa shape index (κ2) is 5.06. The van der Waals surface area contributed by atoms with Crippen molar-refractivity contribution in [2.45, 2.75) is 0 Å². The fourth-order valence-corrected chi connectivity index (χ4v) is 2.27. The number of fused-ring (bicyclic) bond motifs is 1. The highest BCUT2D eigenvalue weighted by Gasteiger charge is 2.18. The average molecular weight is 304 g/mol. The van der Waals surface area contributed by atoms with Crippen LogP contribution in [0.4, 0.5) is 10.1 Å². The Labute approximate surface area is 123 Å². The lowest BCUT2D eigenvalue weighted by Gasteiger charge is -2.05. The van der Waals surface area contributed by atoms with Gasteiger partial charge in [0.25, 0.3) is 5.69 Å². The number of hydrogen-bond donors (Lipinski definition) is 0. The van der Waals surface area contributed by atoms with Crippen LogP contribution >= 0.6 is 11.6 Å². The van der Waals surface area contributed by atoms with Gasteiger partial charge in [-0.15, -0.1) is 0 Å². The van der Waals surface area contributed by atoms with Crippen molar-refractivity contribution in [2.75, 3.05) is 0 Å². The van der Waals surface area contributed by atoms with Gasteiger partial charge in [0, 0.05) is 11.6 Å². The fourth-order valence-electron chi connectivity index (χ4n) is 2.00. The lowest BCUT2D eigenvalue weighted by atomic mass is 10.1. The van der Waals surface area contributed by atoms with Crippen LogP contribution in [-0.4, -0.2) is 14.9 Å². The van der Waals surface area contributed by atoms with Crippen molar-refractivity contribution in [1.82, 2.24) is 9.97 Å². The molecule has 0 amide bonds. The Balaban J connectivity index is 2.25. The molecule has 0 unspecified atom stereocenters. The number of aromatic nitrogens is 2. The van der Waals surface area contributed by atoms with Crippen LogP contribution in [0.15, 0.2) is 42.5 Å².